The highest BCUT2D eigenvalue weighted by Gasteiger charge is 2.35. The van der Waals surface area contributed by atoms with Crippen LogP contribution >= 0.6 is 0 Å². The van der Waals surface area contributed by atoms with Gasteiger partial charge in [-0.3, -0.25) is 4.79 Å². The summed E-state index contributed by atoms with van der Waals surface area (Å²) in [4.78, 5) is 25.9. The molecule has 244 valence electrons. The van der Waals surface area contributed by atoms with Crippen LogP contribution in [0.4, 0.5) is 47.8 Å². The molecule has 1 aliphatic rings. The number of pyridine rings is 1. The average molecular weight is 652 g/mol. The molecule has 2 aromatic heterocycles. The zero-order chi connectivity index (χ0) is 33.4. The minimum absolute atomic E-state index is 0.129. The molecule has 4 rings (SSSR count). The highest BCUT2D eigenvalue weighted by Crippen LogP contribution is 2.36. The lowest BCUT2D eigenvalue weighted by Gasteiger charge is -2.35. The van der Waals surface area contributed by atoms with Crippen molar-refractivity contribution in [2.45, 2.75) is 20.0 Å². The third-order valence-electron chi connectivity index (χ3n) is 6.31. The van der Waals surface area contributed by atoms with Gasteiger partial charge < -0.3 is 25.6 Å². The van der Waals surface area contributed by atoms with Crippen molar-refractivity contribution in [1.29, 1.82) is 0 Å². The molecule has 0 radical (unpaired) electrons. The molecule has 3 N–H and O–H groups in total. The van der Waals surface area contributed by atoms with E-state index in [1.165, 1.54) is 37.6 Å². The number of benzene rings is 1. The maximum atomic E-state index is 13.8. The first-order valence-corrected chi connectivity index (χ1v) is 15.2. The largest absolute Gasteiger partial charge is 0.479 e. The molecule has 1 fully saturated rings. The second-order valence-corrected chi connectivity index (χ2v) is 11.5. The van der Waals surface area contributed by atoms with E-state index in [0.717, 1.165) is 10.4 Å². The van der Waals surface area contributed by atoms with E-state index in [9.17, 15) is 26.4 Å². The molecule has 0 saturated carbocycles. The monoisotopic (exact) mass is 651 g/mol. The van der Waals surface area contributed by atoms with Gasteiger partial charge in [-0.05, 0) is 36.4 Å². The van der Waals surface area contributed by atoms with E-state index in [1.54, 1.807) is 24.3 Å². The summed E-state index contributed by atoms with van der Waals surface area (Å²) in [5.74, 6) is -0.504. The number of aromatic nitrogens is 3. The zero-order valence-electron chi connectivity index (χ0n) is 25.5. The Hall–Kier alpha value is -4.48. The number of ether oxygens (including phenoxy) is 1. The number of carbonyl (C=O) groups excluding carboxylic acids is 1. The van der Waals surface area contributed by atoms with Crippen LogP contribution < -0.4 is 25.6 Å². The summed E-state index contributed by atoms with van der Waals surface area (Å²) >= 11 is 0. The van der Waals surface area contributed by atoms with Gasteiger partial charge in [0.25, 0.3) is 10.2 Å². The van der Waals surface area contributed by atoms with Gasteiger partial charge in [-0.2, -0.15) is 40.2 Å². The summed E-state index contributed by atoms with van der Waals surface area (Å²) in [6.07, 6.45) is -3.04. The van der Waals surface area contributed by atoms with Crippen LogP contribution in [0, 0.1) is 0 Å². The van der Waals surface area contributed by atoms with Crippen LogP contribution in [-0.4, -0.2) is 85.3 Å². The van der Waals surface area contributed by atoms with E-state index >= 15 is 0 Å². The third-order valence-corrected chi connectivity index (χ3v) is 8.25. The van der Waals surface area contributed by atoms with Crippen molar-refractivity contribution in [2.75, 3.05) is 68.2 Å². The smallest absolute Gasteiger partial charge is 0.421 e. The average Bonchev–Trinajstić information content (AvgIpc) is 3.02. The molecule has 45 heavy (non-hydrogen) atoms. The van der Waals surface area contributed by atoms with Gasteiger partial charge in [-0.25, -0.2) is 4.98 Å². The zero-order valence-corrected chi connectivity index (χ0v) is 26.3. The molecule has 0 aliphatic carbocycles. The van der Waals surface area contributed by atoms with Crippen molar-refractivity contribution < 1.29 is 31.1 Å². The Kier molecular flexibility index (Phi) is 11.7. The first-order chi connectivity index (χ1) is 21.3. The second kappa shape index (κ2) is 15.0. The summed E-state index contributed by atoms with van der Waals surface area (Å²) in [7, 11) is 0.808. The summed E-state index contributed by atoms with van der Waals surface area (Å²) in [6, 6.07) is 9.36. The van der Waals surface area contributed by atoms with E-state index in [2.05, 4.69) is 37.5 Å². The first kappa shape index (κ1) is 35.0. The molecule has 1 saturated heterocycles. The minimum atomic E-state index is -4.76. The van der Waals surface area contributed by atoms with Gasteiger partial charge in [-0.1, -0.05) is 26.5 Å². The van der Waals surface area contributed by atoms with Gasteiger partial charge in [0.15, 0.2) is 0 Å². The number of nitrogens with zero attached hydrogens (tertiary/aromatic N) is 6. The van der Waals surface area contributed by atoms with Gasteiger partial charge in [0, 0.05) is 57.8 Å². The van der Waals surface area contributed by atoms with Crippen molar-refractivity contribution in [2.24, 2.45) is 0 Å². The Morgan fingerprint density at radius 1 is 1.04 bits per heavy atom. The number of methoxy groups -OCH3 is 1. The number of anilines is 6. The van der Waals surface area contributed by atoms with Crippen LogP contribution in [0.2, 0.25) is 0 Å². The Labute approximate surface area is 260 Å². The summed E-state index contributed by atoms with van der Waals surface area (Å²) in [5, 5.41) is 8.03. The predicted octanol–water partition coefficient (Wildman–Crippen LogP) is 4.47. The number of alkyl halides is 3. The van der Waals surface area contributed by atoms with E-state index in [-0.39, 0.29) is 30.6 Å². The Morgan fingerprint density at radius 2 is 1.71 bits per heavy atom. The first-order valence-electron chi connectivity index (χ1n) is 13.8. The van der Waals surface area contributed by atoms with Crippen LogP contribution in [0.3, 0.4) is 0 Å². The summed E-state index contributed by atoms with van der Waals surface area (Å²) in [5.41, 5.74) is -0.235. The Balaban J connectivity index is 0.00000271. The third kappa shape index (κ3) is 8.80. The number of hydrogen-bond acceptors (Lipinski definition) is 10. The molecule has 0 atom stereocenters. The fourth-order valence-electron chi connectivity index (χ4n) is 4.11. The Bertz CT molecular complexity index is 1600. The maximum Gasteiger partial charge on any atom is 0.421 e. The van der Waals surface area contributed by atoms with Crippen molar-refractivity contribution in [3.8, 4) is 5.88 Å². The number of carbonyl (C=O) groups is 1. The van der Waals surface area contributed by atoms with E-state index in [0.29, 0.717) is 36.5 Å². The van der Waals surface area contributed by atoms with Gasteiger partial charge in [-0.15, -0.1) is 0 Å². The molecule has 3 aromatic rings. The maximum absolute atomic E-state index is 13.8. The molecule has 13 nitrogen and oxygen atoms in total. The van der Waals surface area contributed by atoms with E-state index < -0.39 is 33.7 Å². The standard InChI is InChI=1S/C26H30F3N9O4S.C2H6/c1-5-22(39)31-17-7-6-8-18(15-17)32-23-19(26(27,28)29)16-30-25(35-23)33-20-9-10-21(34-24(20)42-4)37-11-13-38(14-12-37)43(40,41)36(2)3;1-2/h5-10,15-16H,1,11-14H2,2-4H3,(H,31,39)(H2,30,32,33,35);1-2H3. The van der Waals surface area contributed by atoms with E-state index in [4.69, 9.17) is 4.74 Å². The topological polar surface area (TPSA) is 145 Å². The van der Waals surface area contributed by atoms with Crippen LogP contribution in [-0.2, 0) is 21.2 Å². The number of halogens is 3. The van der Waals surface area contributed by atoms with Crippen LogP contribution in [0.5, 0.6) is 5.88 Å². The number of rotatable bonds is 10. The van der Waals surface area contributed by atoms with Gasteiger partial charge >= 0.3 is 6.18 Å². The number of amides is 1. The van der Waals surface area contributed by atoms with Crippen LogP contribution in [0.1, 0.15) is 19.4 Å². The molecule has 0 unspecified atom stereocenters. The van der Waals surface area contributed by atoms with Crippen molar-refractivity contribution in [1.82, 2.24) is 23.6 Å². The van der Waals surface area contributed by atoms with Crippen molar-refractivity contribution in [3.05, 3.63) is 60.8 Å². The van der Waals surface area contributed by atoms with Gasteiger partial charge in [0.05, 0.1) is 7.11 Å². The highest BCUT2D eigenvalue weighted by atomic mass is 32.2. The van der Waals surface area contributed by atoms with Crippen LogP contribution in [0.15, 0.2) is 55.3 Å². The Morgan fingerprint density at radius 3 is 2.31 bits per heavy atom. The molecule has 0 spiro atoms. The highest BCUT2D eigenvalue weighted by molar-refractivity contribution is 7.86. The summed E-state index contributed by atoms with van der Waals surface area (Å²) < 4.78 is 74.2. The quantitative estimate of drug-likeness (QED) is 0.269. The van der Waals surface area contributed by atoms with E-state index in [1.807, 2.05) is 18.7 Å². The minimum Gasteiger partial charge on any atom is -0.479 e. The SMILES string of the molecule is C=CC(=O)Nc1cccc(Nc2nc(Nc3ccc(N4CCN(S(=O)(=O)N(C)C)CC4)nc3OC)ncc2C(F)(F)F)c1.CC. The number of piperazine rings is 1. The molecule has 1 aliphatic heterocycles. The predicted molar refractivity (Wildman–Crippen MR) is 167 cm³/mol. The molecule has 0 bridgehead atoms. The van der Waals surface area contributed by atoms with Gasteiger partial charge in [0.2, 0.25) is 17.7 Å². The van der Waals surface area contributed by atoms with Crippen LogP contribution in [0.25, 0.3) is 0 Å². The molecular formula is C28H36F3N9O4S. The van der Waals surface area contributed by atoms with Crippen molar-refractivity contribution in [3.63, 3.8) is 0 Å². The number of hydrogen-bond donors (Lipinski definition) is 3. The fraction of sp³-hybridized carbons (Fsp3) is 0.357. The molecule has 17 heteroatoms. The molecule has 1 aromatic carbocycles. The second-order valence-electron chi connectivity index (χ2n) is 9.38. The van der Waals surface area contributed by atoms with Gasteiger partial charge in [0.1, 0.15) is 22.9 Å². The molecule has 1 amide bonds. The lowest BCUT2D eigenvalue weighted by atomic mass is 10.2. The fourth-order valence-corrected chi connectivity index (χ4v) is 5.19. The number of nitrogens with one attached hydrogen (secondary N) is 3. The molecular weight excluding hydrogens is 615 g/mol. The lowest BCUT2D eigenvalue weighted by Crippen LogP contribution is -2.51. The lowest BCUT2D eigenvalue weighted by molar-refractivity contribution is -0.137. The molecule has 3 heterocycles. The normalized spacial score (nSPS) is 13.8. The summed E-state index contributed by atoms with van der Waals surface area (Å²) in [6.45, 7) is 8.69. The van der Waals surface area contributed by atoms with Crippen molar-refractivity contribution >= 4 is 50.8 Å².